The maximum atomic E-state index is 13.2. The second-order valence-corrected chi connectivity index (χ2v) is 7.62. The van der Waals surface area contributed by atoms with Crippen LogP contribution >= 0.6 is 11.8 Å². The molecule has 1 aromatic carbocycles. The molecule has 1 aromatic heterocycles. The zero-order chi connectivity index (χ0) is 19.0. The number of hydrogen-bond donors (Lipinski definition) is 2. The van der Waals surface area contributed by atoms with Crippen molar-refractivity contribution in [2.45, 2.75) is 30.5 Å². The van der Waals surface area contributed by atoms with E-state index in [9.17, 15) is 19.1 Å². The summed E-state index contributed by atoms with van der Waals surface area (Å²) >= 11 is 1.68. The van der Waals surface area contributed by atoms with Crippen LogP contribution in [0.15, 0.2) is 24.3 Å². The van der Waals surface area contributed by atoms with Crippen molar-refractivity contribution in [3.63, 3.8) is 0 Å². The Hall–Kier alpha value is -2.39. The molecular weight excluding hydrogens is 371 g/mol. The van der Waals surface area contributed by atoms with Crippen molar-refractivity contribution in [2.75, 3.05) is 18.4 Å². The Kier molecular flexibility index (Phi) is 4.88. The number of amides is 2. The Morgan fingerprint density at radius 3 is 2.59 bits per heavy atom. The minimum Gasteiger partial charge on any atom is -0.393 e. The first-order chi connectivity index (χ1) is 13.0. The number of aromatic nitrogens is 2. The Morgan fingerprint density at radius 2 is 1.89 bits per heavy atom. The quantitative estimate of drug-likeness (QED) is 0.762. The van der Waals surface area contributed by atoms with Gasteiger partial charge in [-0.15, -0.1) is 0 Å². The van der Waals surface area contributed by atoms with Gasteiger partial charge in [-0.1, -0.05) is 0 Å². The van der Waals surface area contributed by atoms with Crippen molar-refractivity contribution in [3.8, 4) is 5.69 Å². The van der Waals surface area contributed by atoms with Gasteiger partial charge in [0, 0.05) is 30.2 Å². The topological polar surface area (TPSA) is 87.5 Å². The molecule has 7 nitrogen and oxygen atoms in total. The van der Waals surface area contributed by atoms with Crippen LogP contribution in [0.5, 0.6) is 0 Å². The summed E-state index contributed by atoms with van der Waals surface area (Å²) in [4.78, 5) is 26.5. The number of piperidine rings is 1. The van der Waals surface area contributed by atoms with E-state index in [2.05, 4.69) is 10.4 Å². The van der Waals surface area contributed by atoms with Crippen LogP contribution in [0.25, 0.3) is 5.69 Å². The smallest absolute Gasteiger partial charge is 0.315 e. The van der Waals surface area contributed by atoms with E-state index in [1.807, 2.05) is 0 Å². The molecule has 0 saturated carbocycles. The summed E-state index contributed by atoms with van der Waals surface area (Å²) in [6.45, 7) is 0.719. The van der Waals surface area contributed by atoms with Gasteiger partial charge in [-0.05, 0) is 37.1 Å². The maximum Gasteiger partial charge on any atom is 0.315 e. The van der Waals surface area contributed by atoms with Crippen LogP contribution in [0.4, 0.5) is 10.2 Å². The van der Waals surface area contributed by atoms with E-state index in [-0.39, 0.29) is 5.82 Å². The number of halogens is 1. The fraction of sp³-hybridized carbons (Fsp3) is 0.389. The van der Waals surface area contributed by atoms with Gasteiger partial charge in [0.15, 0.2) is 0 Å². The highest BCUT2D eigenvalue weighted by Crippen LogP contribution is 2.36. The van der Waals surface area contributed by atoms with Crippen molar-refractivity contribution < 1.29 is 19.1 Å². The van der Waals surface area contributed by atoms with Crippen molar-refractivity contribution in [2.24, 2.45) is 0 Å². The maximum absolute atomic E-state index is 13.2. The zero-order valence-electron chi connectivity index (χ0n) is 14.5. The van der Waals surface area contributed by atoms with Crippen LogP contribution in [-0.4, -0.2) is 50.8 Å². The first-order valence-corrected chi connectivity index (χ1v) is 9.91. The first-order valence-electron chi connectivity index (χ1n) is 8.75. The molecule has 2 aliphatic heterocycles. The Morgan fingerprint density at radius 1 is 1.19 bits per heavy atom. The molecule has 9 heteroatoms. The predicted molar refractivity (Wildman–Crippen MR) is 99.0 cm³/mol. The van der Waals surface area contributed by atoms with Crippen LogP contribution in [0.3, 0.4) is 0 Å². The van der Waals surface area contributed by atoms with Gasteiger partial charge in [0.25, 0.3) is 0 Å². The molecule has 1 saturated heterocycles. The van der Waals surface area contributed by atoms with Gasteiger partial charge in [0.1, 0.15) is 11.6 Å². The predicted octanol–water partition coefficient (Wildman–Crippen LogP) is 1.68. The Balaban J connectivity index is 1.58. The van der Waals surface area contributed by atoms with Gasteiger partial charge in [0.2, 0.25) is 0 Å². The number of carbonyl (C=O) groups is 2. The summed E-state index contributed by atoms with van der Waals surface area (Å²) in [7, 11) is 0. The Labute approximate surface area is 159 Å². The number of benzene rings is 1. The highest BCUT2D eigenvalue weighted by Gasteiger charge is 2.30. The van der Waals surface area contributed by atoms with Crippen molar-refractivity contribution in [3.05, 3.63) is 41.3 Å². The molecule has 1 fully saturated rings. The molecule has 0 radical (unpaired) electrons. The van der Waals surface area contributed by atoms with Crippen LogP contribution in [0.1, 0.15) is 24.1 Å². The number of rotatable bonds is 2. The van der Waals surface area contributed by atoms with Crippen molar-refractivity contribution in [1.82, 2.24) is 14.7 Å². The van der Waals surface area contributed by atoms with Crippen LogP contribution in [0, 0.1) is 5.82 Å². The van der Waals surface area contributed by atoms with Crippen LogP contribution < -0.4 is 5.32 Å². The van der Waals surface area contributed by atoms with E-state index < -0.39 is 17.9 Å². The lowest BCUT2D eigenvalue weighted by Gasteiger charge is -2.29. The number of likely N-dealkylation sites (tertiary alicyclic amines) is 1. The largest absolute Gasteiger partial charge is 0.393 e. The molecule has 4 rings (SSSR count). The summed E-state index contributed by atoms with van der Waals surface area (Å²) in [5.74, 6) is 0.169. The third kappa shape index (κ3) is 3.57. The molecule has 0 unspecified atom stereocenters. The highest BCUT2D eigenvalue weighted by molar-refractivity contribution is 7.98. The minimum atomic E-state index is -0.727. The molecule has 142 valence electrons. The summed E-state index contributed by atoms with van der Waals surface area (Å²) in [6.07, 6.45) is 0.522. The number of aliphatic hydroxyl groups is 1. The molecule has 0 spiro atoms. The summed E-state index contributed by atoms with van der Waals surface area (Å²) in [5.41, 5.74) is 2.35. The monoisotopic (exact) mass is 390 g/mol. The third-order valence-electron chi connectivity index (χ3n) is 4.80. The number of thioether (sulfide) groups is 1. The minimum absolute atomic E-state index is 0.359. The van der Waals surface area contributed by atoms with E-state index in [1.165, 1.54) is 17.0 Å². The van der Waals surface area contributed by atoms with Gasteiger partial charge in [-0.25, -0.2) is 9.07 Å². The van der Waals surface area contributed by atoms with Gasteiger partial charge in [0.05, 0.1) is 17.5 Å². The lowest BCUT2D eigenvalue weighted by molar-refractivity contribution is -0.144. The second-order valence-electron chi connectivity index (χ2n) is 6.63. The molecule has 0 bridgehead atoms. The van der Waals surface area contributed by atoms with Gasteiger partial charge < -0.3 is 15.3 Å². The number of hydrogen-bond acceptors (Lipinski definition) is 5. The van der Waals surface area contributed by atoms with E-state index in [4.69, 9.17) is 0 Å². The third-order valence-corrected chi connectivity index (χ3v) is 5.77. The van der Waals surface area contributed by atoms with Gasteiger partial charge in [-0.3, -0.25) is 9.59 Å². The zero-order valence-corrected chi connectivity index (χ0v) is 15.3. The van der Waals surface area contributed by atoms with E-state index in [0.717, 1.165) is 17.0 Å². The number of fused-ring (bicyclic) bond motifs is 1. The molecule has 0 atom stereocenters. The molecule has 2 aliphatic rings. The second kappa shape index (κ2) is 7.32. The fourth-order valence-corrected chi connectivity index (χ4v) is 4.32. The van der Waals surface area contributed by atoms with Crippen LogP contribution in [-0.2, 0) is 21.1 Å². The normalized spacial score (nSPS) is 17.0. The molecule has 2 N–H and O–H groups in total. The molecule has 3 heterocycles. The standard InChI is InChI=1S/C18H19FN4O3S/c19-11-1-3-12(4-2-11)23-16(14-9-27-10-15(14)21-23)20-17(25)18(26)22-7-5-13(24)6-8-22/h1-4,13,24H,5-10H2,(H,20,25). The average molecular weight is 390 g/mol. The average Bonchev–Trinajstić information content (AvgIpc) is 3.25. The highest BCUT2D eigenvalue weighted by atomic mass is 32.2. The van der Waals surface area contributed by atoms with Crippen molar-refractivity contribution in [1.29, 1.82) is 0 Å². The number of carbonyl (C=O) groups excluding carboxylic acids is 2. The van der Waals surface area contributed by atoms with E-state index in [0.29, 0.717) is 43.2 Å². The van der Waals surface area contributed by atoms with Gasteiger partial charge >= 0.3 is 11.8 Å². The lowest BCUT2D eigenvalue weighted by atomic mass is 10.1. The lowest BCUT2D eigenvalue weighted by Crippen LogP contribution is -2.45. The Bertz CT molecular complexity index is 875. The number of nitrogens with zero attached hydrogens (tertiary/aromatic N) is 3. The summed E-state index contributed by atoms with van der Waals surface area (Å²) < 4.78 is 14.8. The number of nitrogens with one attached hydrogen (secondary N) is 1. The van der Waals surface area contributed by atoms with Crippen LogP contribution in [0.2, 0.25) is 0 Å². The number of aliphatic hydroxyl groups excluding tert-OH is 1. The molecule has 0 aliphatic carbocycles. The summed E-state index contributed by atoms with van der Waals surface area (Å²) in [6, 6.07) is 5.81. The van der Waals surface area contributed by atoms with E-state index in [1.54, 1.807) is 28.6 Å². The van der Waals surface area contributed by atoms with Crippen molar-refractivity contribution >= 4 is 29.4 Å². The molecule has 2 aromatic rings. The molecule has 27 heavy (non-hydrogen) atoms. The molecule has 2 amide bonds. The fourth-order valence-electron chi connectivity index (χ4n) is 3.28. The van der Waals surface area contributed by atoms with Gasteiger partial charge in [-0.2, -0.15) is 16.9 Å². The molecular formula is C18H19FN4O3S. The first kappa shape index (κ1) is 18.0. The number of anilines is 1. The SMILES string of the molecule is O=C(Nc1c2c(nn1-c1ccc(F)cc1)CSC2)C(=O)N1CCC(O)CC1. The van der Waals surface area contributed by atoms with E-state index >= 15 is 0 Å². The summed E-state index contributed by atoms with van der Waals surface area (Å²) in [5, 5.41) is 16.8.